The number of hydrogen-bond donors (Lipinski definition) is 1. The van der Waals surface area contributed by atoms with Crippen molar-refractivity contribution in [1.82, 2.24) is 24.6 Å². The van der Waals surface area contributed by atoms with Gasteiger partial charge < -0.3 is 5.32 Å². The van der Waals surface area contributed by atoms with Crippen molar-refractivity contribution in [3.63, 3.8) is 0 Å². The Balaban J connectivity index is 1.34. The van der Waals surface area contributed by atoms with Crippen molar-refractivity contribution in [2.45, 2.75) is 19.5 Å². The summed E-state index contributed by atoms with van der Waals surface area (Å²) in [6, 6.07) is 15.4. The summed E-state index contributed by atoms with van der Waals surface area (Å²) in [6.45, 7) is 5.82. The van der Waals surface area contributed by atoms with Gasteiger partial charge in [-0.1, -0.05) is 23.7 Å². The Morgan fingerprint density at radius 2 is 2.06 bits per heavy atom. The minimum absolute atomic E-state index is 0.0963. The normalized spacial score (nSPS) is 17.1. The van der Waals surface area contributed by atoms with Crippen LogP contribution in [0, 0.1) is 11.3 Å². The molecular formula is C23H24ClN7O. The number of amides is 1. The van der Waals surface area contributed by atoms with Gasteiger partial charge in [0.1, 0.15) is 12.7 Å². The van der Waals surface area contributed by atoms with E-state index >= 15 is 0 Å². The van der Waals surface area contributed by atoms with Crippen LogP contribution in [0.15, 0.2) is 55.1 Å². The Kier molecular flexibility index (Phi) is 6.81. The van der Waals surface area contributed by atoms with Gasteiger partial charge in [-0.25, -0.2) is 9.67 Å². The monoisotopic (exact) mass is 449 g/mol. The van der Waals surface area contributed by atoms with Crippen LogP contribution in [0.2, 0.25) is 5.02 Å². The van der Waals surface area contributed by atoms with Crippen LogP contribution in [-0.4, -0.2) is 62.7 Å². The average Bonchev–Trinajstić information content (AvgIpc) is 3.31. The summed E-state index contributed by atoms with van der Waals surface area (Å²) in [5, 5.41) is 16.6. The van der Waals surface area contributed by atoms with Gasteiger partial charge in [0, 0.05) is 37.2 Å². The molecule has 1 aliphatic rings. The van der Waals surface area contributed by atoms with Crippen LogP contribution >= 0.6 is 11.6 Å². The first-order valence-electron chi connectivity index (χ1n) is 10.4. The first-order valence-corrected chi connectivity index (χ1v) is 10.8. The zero-order valence-electron chi connectivity index (χ0n) is 17.8. The van der Waals surface area contributed by atoms with Gasteiger partial charge in [-0.05, 0) is 42.8 Å². The number of carbonyl (C=O) groups excluding carboxylic acids is 1. The lowest BCUT2D eigenvalue weighted by Gasteiger charge is -2.39. The molecule has 0 spiro atoms. The van der Waals surface area contributed by atoms with Gasteiger partial charge in [-0.15, -0.1) is 0 Å². The smallest absolute Gasteiger partial charge is 0.238 e. The van der Waals surface area contributed by atoms with E-state index in [0.717, 1.165) is 26.2 Å². The van der Waals surface area contributed by atoms with Gasteiger partial charge in [-0.3, -0.25) is 14.6 Å². The van der Waals surface area contributed by atoms with Crippen LogP contribution in [0.5, 0.6) is 0 Å². The quantitative estimate of drug-likeness (QED) is 0.622. The predicted molar refractivity (Wildman–Crippen MR) is 122 cm³/mol. The number of benzene rings is 2. The van der Waals surface area contributed by atoms with Gasteiger partial charge in [-0.2, -0.15) is 10.4 Å². The molecule has 8 nitrogen and oxygen atoms in total. The molecule has 2 aromatic carbocycles. The zero-order chi connectivity index (χ0) is 22.5. The number of nitrogens with zero attached hydrogens (tertiary/aromatic N) is 6. The molecule has 1 fully saturated rings. The molecule has 1 aromatic heterocycles. The topological polar surface area (TPSA) is 90.1 Å². The summed E-state index contributed by atoms with van der Waals surface area (Å²) >= 11 is 6.15. The fourth-order valence-corrected chi connectivity index (χ4v) is 4.08. The minimum atomic E-state index is -0.0963. The van der Waals surface area contributed by atoms with E-state index in [2.05, 4.69) is 38.2 Å². The molecule has 0 radical (unpaired) electrons. The van der Waals surface area contributed by atoms with Gasteiger partial charge in [0.25, 0.3) is 0 Å². The highest BCUT2D eigenvalue weighted by Crippen LogP contribution is 2.24. The molecule has 9 heteroatoms. The van der Waals surface area contributed by atoms with Crippen molar-refractivity contribution in [1.29, 1.82) is 5.26 Å². The van der Waals surface area contributed by atoms with Gasteiger partial charge in [0.15, 0.2) is 0 Å². The van der Waals surface area contributed by atoms with E-state index in [1.54, 1.807) is 29.2 Å². The highest BCUT2D eigenvalue weighted by molar-refractivity contribution is 6.31. The van der Waals surface area contributed by atoms with Crippen LogP contribution < -0.4 is 5.32 Å². The van der Waals surface area contributed by atoms with E-state index in [1.165, 1.54) is 11.9 Å². The van der Waals surface area contributed by atoms with Gasteiger partial charge in [0.05, 0.1) is 29.6 Å². The van der Waals surface area contributed by atoms with E-state index in [4.69, 9.17) is 16.9 Å². The number of piperazine rings is 1. The maximum atomic E-state index is 12.8. The number of aromatic nitrogens is 3. The molecule has 3 aromatic rings. The molecule has 164 valence electrons. The van der Waals surface area contributed by atoms with E-state index in [-0.39, 0.29) is 11.9 Å². The van der Waals surface area contributed by atoms with Crippen molar-refractivity contribution in [3.8, 4) is 11.8 Å². The number of halogens is 1. The SMILES string of the molecule is C[C@@H]1CN(Cc2ccc(C#N)cc2)CCN1CC(=O)Nc1cc(Cl)ccc1-n1cncn1. The number of nitriles is 1. The number of anilines is 1. The molecule has 1 atom stereocenters. The number of carbonyl (C=O) groups is 1. The van der Waals surface area contributed by atoms with Crippen molar-refractivity contribution >= 4 is 23.2 Å². The van der Waals surface area contributed by atoms with Crippen LogP contribution in [-0.2, 0) is 11.3 Å². The van der Waals surface area contributed by atoms with Crippen LogP contribution in [0.1, 0.15) is 18.1 Å². The second kappa shape index (κ2) is 9.92. The maximum absolute atomic E-state index is 12.8. The Hall–Kier alpha value is -3.25. The van der Waals surface area contributed by atoms with Crippen molar-refractivity contribution in [2.24, 2.45) is 0 Å². The standard InChI is InChI=1S/C23H24ClN7O/c1-17-12-29(13-19-4-2-18(11-25)3-5-19)8-9-30(17)14-23(32)28-21-10-20(24)6-7-22(21)31-16-26-15-27-31/h2-7,10,15-17H,8-9,12-14H2,1H3,(H,28,32)/t17-/m1/s1. The summed E-state index contributed by atoms with van der Waals surface area (Å²) < 4.78 is 1.59. The molecule has 0 unspecified atom stereocenters. The van der Waals surface area contributed by atoms with Crippen LogP contribution in [0.4, 0.5) is 5.69 Å². The number of rotatable bonds is 6. The van der Waals surface area contributed by atoms with Gasteiger partial charge >= 0.3 is 0 Å². The molecule has 4 rings (SSSR count). The van der Waals surface area contributed by atoms with E-state index in [1.807, 2.05) is 24.3 Å². The first kappa shape index (κ1) is 22.0. The van der Waals surface area contributed by atoms with Crippen molar-refractivity contribution < 1.29 is 4.79 Å². The third-order valence-corrected chi connectivity index (χ3v) is 5.82. The Morgan fingerprint density at radius 3 is 2.75 bits per heavy atom. The second-order valence-electron chi connectivity index (χ2n) is 7.91. The largest absolute Gasteiger partial charge is 0.323 e. The van der Waals surface area contributed by atoms with Gasteiger partial charge in [0.2, 0.25) is 5.91 Å². The molecule has 0 saturated carbocycles. The van der Waals surface area contributed by atoms with E-state index in [0.29, 0.717) is 28.5 Å². The summed E-state index contributed by atoms with van der Waals surface area (Å²) in [5.41, 5.74) is 3.16. The predicted octanol–water partition coefficient (Wildman–Crippen LogP) is 2.94. The van der Waals surface area contributed by atoms with Crippen molar-refractivity contribution in [2.75, 3.05) is 31.5 Å². The minimum Gasteiger partial charge on any atom is -0.323 e. The van der Waals surface area contributed by atoms with Crippen LogP contribution in [0.3, 0.4) is 0 Å². The lowest BCUT2D eigenvalue weighted by atomic mass is 10.1. The molecule has 1 saturated heterocycles. The third-order valence-electron chi connectivity index (χ3n) is 5.58. The van der Waals surface area contributed by atoms with Crippen molar-refractivity contribution in [3.05, 3.63) is 71.3 Å². The molecule has 1 N–H and O–H groups in total. The van der Waals surface area contributed by atoms with E-state index in [9.17, 15) is 4.79 Å². The summed E-state index contributed by atoms with van der Waals surface area (Å²) in [7, 11) is 0. The molecule has 0 bridgehead atoms. The molecule has 1 amide bonds. The fourth-order valence-electron chi connectivity index (χ4n) is 3.91. The highest BCUT2D eigenvalue weighted by atomic mass is 35.5. The summed E-state index contributed by atoms with van der Waals surface area (Å²) in [5.74, 6) is -0.0963. The van der Waals surface area contributed by atoms with Crippen LogP contribution in [0.25, 0.3) is 5.69 Å². The number of hydrogen-bond acceptors (Lipinski definition) is 6. The second-order valence-corrected chi connectivity index (χ2v) is 8.35. The van der Waals surface area contributed by atoms with E-state index < -0.39 is 0 Å². The molecule has 2 heterocycles. The third kappa shape index (κ3) is 5.32. The summed E-state index contributed by atoms with van der Waals surface area (Å²) in [6.07, 6.45) is 3.02. The Labute approximate surface area is 192 Å². The average molecular weight is 450 g/mol. The highest BCUT2D eigenvalue weighted by Gasteiger charge is 2.25. The Bertz CT molecular complexity index is 1110. The molecular weight excluding hydrogens is 426 g/mol. The lowest BCUT2D eigenvalue weighted by Crippen LogP contribution is -2.53. The maximum Gasteiger partial charge on any atom is 0.238 e. The number of nitrogens with one attached hydrogen (secondary N) is 1. The molecule has 32 heavy (non-hydrogen) atoms. The zero-order valence-corrected chi connectivity index (χ0v) is 18.5. The Morgan fingerprint density at radius 1 is 1.25 bits per heavy atom. The molecule has 0 aliphatic carbocycles. The lowest BCUT2D eigenvalue weighted by molar-refractivity contribution is -0.118. The molecule has 1 aliphatic heterocycles. The fraction of sp³-hybridized carbons (Fsp3) is 0.304. The first-order chi connectivity index (χ1) is 15.5. The summed E-state index contributed by atoms with van der Waals surface area (Å²) in [4.78, 5) is 21.3.